The molecule has 148 valence electrons. The number of cyclic esters (lactones) is 1. The molecule has 0 radical (unpaired) electrons. The molecule has 0 unspecified atom stereocenters. The van der Waals surface area contributed by atoms with Crippen molar-refractivity contribution >= 4 is 22.8 Å². The Balaban J connectivity index is 1.71. The molecule has 0 bridgehead atoms. The van der Waals surface area contributed by atoms with Gasteiger partial charge in [0.25, 0.3) is 0 Å². The Morgan fingerprint density at radius 3 is 2.59 bits per heavy atom. The third-order valence-corrected chi connectivity index (χ3v) is 6.23. The lowest BCUT2D eigenvalue weighted by atomic mass is 9.93. The van der Waals surface area contributed by atoms with Crippen LogP contribution in [0.4, 0.5) is 0 Å². The Hall–Kier alpha value is -2.95. The van der Waals surface area contributed by atoms with Crippen LogP contribution in [0.1, 0.15) is 56.6 Å². The first kappa shape index (κ1) is 18.1. The van der Waals surface area contributed by atoms with Gasteiger partial charge >= 0.3 is 5.97 Å². The van der Waals surface area contributed by atoms with Crippen LogP contribution in [-0.2, 0) is 16.6 Å². The van der Waals surface area contributed by atoms with Gasteiger partial charge in [-0.2, -0.15) is 0 Å². The van der Waals surface area contributed by atoms with Crippen LogP contribution < -0.4 is 0 Å². The molecule has 0 atom stereocenters. The quantitative estimate of drug-likeness (QED) is 0.596. The molecule has 5 heteroatoms. The first-order valence-corrected chi connectivity index (χ1v) is 10.3. The van der Waals surface area contributed by atoms with Gasteiger partial charge in [-0.1, -0.05) is 25.0 Å². The largest absolute Gasteiger partial charge is 0.405 e. The summed E-state index contributed by atoms with van der Waals surface area (Å²) in [4.78, 5) is 21.2. The van der Waals surface area contributed by atoms with Crippen molar-refractivity contribution in [1.82, 2.24) is 9.55 Å². The lowest BCUT2D eigenvalue weighted by molar-refractivity contribution is -0.137. The van der Waals surface area contributed by atoms with E-state index in [1.54, 1.807) is 13.8 Å². The zero-order chi connectivity index (χ0) is 20.2. The second-order valence-corrected chi connectivity index (χ2v) is 8.62. The van der Waals surface area contributed by atoms with Crippen LogP contribution in [-0.4, -0.2) is 27.0 Å². The van der Waals surface area contributed by atoms with Crippen LogP contribution in [0.15, 0.2) is 47.6 Å². The Morgan fingerprint density at radius 1 is 1.14 bits per heavy atom. The molecule has 5 nitrogen and oxygen atoms in total. The highest BCUT2D eigenvalue weighted by molar-refractivity contribution is 6.09. The second kappa shape index (κ2) is 6.55. The number of aryl methyl sites for hydroxylation is 1. The third kappa shape index (κ3) is 2.87. The van der Waals surface area contributed by atoms with E-state index in [-0.39, 0.29) is 5.97 Å². The highest BCUT2D eigenvalue weighted by Crippen LogP contribution is 2.44. The molecule has 0 saturated heterocycles. The average Bonchev–Trinajstić information content (AvgIpc) is 3.40. The van der Waals surface area contributed by atoms with Gasteiger partial charge in [0.15, 0.2) is 5.54 Å². The molecule has 0 spiro atoms. The number of carbonyl (C=O) groups excluding carboxylic acids is 1. The van der Waals surface area contributed by atoms with Crippen molar-refractivity contribution in [2.45, 2.75) is 51.0 Å². The van der Waals surface area contributed by atoms with Gasteiger partial charge in [-0.15, -0.1) is 0 Å². The van der Waals surface area contributed by atoms with Gasteiger partial charge in [0.05, 0.1) is 11.4 Å². The first-order valence-electron chi connectivity index (χ1n) is 10.3. The number of carbonyl (C=O) groups is 1. The second-order valence-electron chi connectivity index (χ2n) is 8.62. The smallest absolute Gasteiger partial charge is 0.340 e. The Bertz CT molecular complexity index is 1140. The number of hydrogen-bond donors (Lipinski definition) is 0. The Kier molecular flexibility index (Phi) is 4.09. The minimum atomic E-state index is -0.827. The van der Waals surface area contributed by atoms with Crippen molar-refractivity contribution in [3.8, 4) is 11.4 Å². The summed E-state index contributed by atoms with van der Waals surface area (Å²) >= 11 is 0. The molecule has 1 aliphatic heterocycles. The molecule has 5 rings (SSSR count). The number of benzene rings is 1. The molecule has 29 heavy (non-hydrogen) atoms. The van der Waals surface area contributed by atoms with Gasteiger partial charge in [0.1, 0.15) is 0 Å². The van der Waals surface area contributed by atoms with Crippen molar-refractivity contribution in [3.63, 3.8) is 0 Å². The number of pyridine rings is 1. The van der Waals surface area contributed by atoms with E-state index in [0.717, 1.165) is 16.8 Å². The molecule has 2 aromatic heterocycles. The summed E-state index contributed by atoms with van der Waals surface area (Å²) in [5, 5.41) is 1.26. The average molecular weight is 387 g/mol. The highest BCUT2D eigenvalue weighted by atomic mass is 16.6. The molecule has 1 fully saturated rings. The molecular weight excluding hydrogens is 362 g/mol. The van der Waals surface area contributed by atoms with Crippen LogP contribution in [0, 0.1) is 0 Å². The van der Waals surface area contributed by atoms with Crippen molar-refractivity contribution in [2.24, 2.45) is 12.0 Å². The van der Waals surface area contributed by atoms with E-state index in [1.165, 1.54) is 42.3 Å². The van der Waals surface area contributed by atoms with Crippen molar-refractivity contribution in [2.75, 3.05) is 0 Å². The van der Waals surface area contributed by atoms with E-state index >= 15 is 0 Å². The van der Waals surface area contributed by atoms with Gasteiger partial charge in [-0.05, 0) is 62.4 Å². The lowest BCUT2D eigenvalue weighted by Crippen LogP contribution is -2.25. The molecule has 3 aromatic rings. The van der Waals surface area contributed by atoms with Crippen molar-refractivity contribution < 1.29 is 9.53 Å². The summed E-state index contributed by atoms with van der Waals surface area (Å²) < 4.78 is 7.70. The molecule has 1 saturated carbocycles. The van der Waals surface area contributed by atoms with Gasteiger partial charge < -0.3 is 9.30 Å². The maximum absolute atomic E-state index is 12.1. The minimum Gasteiger partial charge on any atom is -0.405 e. The van der Waals surface area contributed by atoms with Crippen LogP contribution in [0.3, 0.4) is 0 Å². The third-order valence-electron chi connectivity index (χ3n) is 6.23. The maximum Gasteiger partial charge on any atom is 0.340 e. The van der Waals surface area contributed by atoms with E-state index < -0.39 is 5.54 Å². The zero-order valence-corrected chi connectivity index (χ0v) is 17.1. The van der Waals surface area contributed by atoms with E-state index in [4.69, 9.17) is 4.74 Å². The normalized spacial score (nSPS) is 19.0. The van der Waals surface area contributed by atoms with Gasteiger partial charge in [-0.25, -0.2) is 9.79 Å². The number of rotatable bonds is 3. The highest BCUT2D eigenvalue weighted by Gasteiger charge is 2.37. The minimum absolute atomic E-state index is 0.305. The summed E-state index contributed by atoms with van der Waals surface area (Å²) in [6, 6.07) is 12.3. The number of esters is 1. The molecule has 1 aromatic carbocycles. The van der Waals surface area contributed by atoms with Crippen molar-refractivity contribution in [1.29, 1.82) is 0 Å². The molecule has 0 N–H and O–H groups in total. The van der Waals surface area contributed by atoms with Gasteiger partial charge in [-0.3, -0.25) is 4.98 Å². The monoisotopic (exact) mass is 387 g/mol. The fourth-order valence-electron chi connectivity index (χ4n) is 4.70. The summed E-state index contributed by atoms with van der Waals surface area (Å²) in [5.74, 6) is 0.660. The standard InChI is InChI=1S/C24H25N3O2/c1-24(2)23(28)29-22(26-24)16-11-12-17-19(14-16)27(3)21(18-10-6-7-13-25-18)20(17)15-8-4-5-9-15/h6-7,10-15H,4-5,8-9H2,1-3H3. The van der Waals surface area contributed by atoms with Crippen LogP contribution in [0.2, 0.25) is 0 Å². The number of aliphatic imine (C=N–C) groups is 1. The SMILES string of the molecule is Cn1c(-c2ccccn2)c(C2CCCC2)c2ccc(C3=NC(C)(C)C(=O)O3)cc21. The van der Waals surface area contributed by atoms with E-state index in [9.17, 15) is 4.79 Å². The fourth-order valence-corrected chi connectivity index (χ4v) is 4.70. The summed E-state index contributed by atoms with van der Waals surface area (Å²) in [5.41, 5.74) is 4.72. The topological polar surface area (TPSA) is 56.5 Å². The van der Waals surface area contributed by atoms with E-state index in [0.29, 0.717) is 11.8 Å². The maximum atomic E-state index is 12.1. The van der Waals surface area contributed by atoms with Crippen molar-refractivity contribution in [3.05, 3.63) is 53.7 Å². The van der Waals surface area contributed by atoms with E-state index in [1.807, 2.05) is 24.4 Å². The number of fused-ring (bicyclic) bond motifs is 1. The predicted octanol–water partition coefficient (Wildman–Crippen LogP) is 4.98. The molecule has 2 aliphatic rings. The zero-order valence-electron chi connectivity index (χ0n) is 17.1. The van der Waals surface area contributed by atoms with Gasteiger partial charge in [0.2, 0.25) is 5.90 Å². The molecular formula is C24H25N3O2. The van der Waals surface area contributed by atoms with Crippen LogP contribution >= 0.6 is 0 Å². The molecule has 1 aliphatic carbocycles. The predicted molar refractivity (Wildman–Crippen MR) is 114 cm³/mol. The number of ether oxygens (including phenoxy) is 1. The molecule has 3 heterocycles. The van der Waals surface area contributed by atoms with Crippen LogP contribution in [0.5, 0.6) is 0 Å². The Labute approximate surface area is 170 Å². The summed E-state index contributed by atoms with van der Waals surface area (Å²) in [7, 11) is 2.10. The summed E-state index contributed by atoms with van der Waals surface area (Å²) in [6.45, 7) is 3.56. The fraction of sp³-hybridized carbons (Fsp3) is 0.375. The number of aromatic nitrogens is 2. The lowest BCUT2D eigenvalue weighted by Gasteiger charge is -2.13. The Morgan fingerprint density at radius 2 is 1.93 bits per heavy atom. The van der Waals surface area contributed by atoms with E-state index in [2.05, 4.69) is 39.8 Å². The molecule has 0 amide bonds. The van der Waals surface area contributed by atoms with Crippen LogP contribution in [0.25, 0.3) is 22.3 Å². The first-order chi connectivity index (χ1) is 14.0. The number of nitrogens with zero attached hydrogens (tertiary/aromatic N) is 3. The number of hydrogen-bond acceptors (Lipinski definition) is 4. The van der Waals surface area contributed by atoms with Gasteiger partial charge in [0, 0.05) is 29.7 Å². The summed E-state index contributed by atoms with van der Waals surface area (Å²) in [6.07, 6.45) is 6.86.